The molecule has 108 valence electrons. The number of nitrogens with zero attached hydrogens (tertiary/aromatic N) is 1. The highest BCUT2D eigenvalue weighted by molar-refractivity contribution is 5.94. The van der Waals surface area contributed by atoms with Crippen LogP contribution in [0.25, 0.3) is 0 Å². The quantitative estimate of drug-likeness (QED) is 0.835. The summed E-state index contributed by atoms with van der Waals surface area (Å²) in [5.41, 5.74) is 7.84. The molecule has 0 saturated heterocycles. The Morgan fingerprint density at radius 2 is 2.05 bits per heavy atom. The Hall–Kier alpha value is -2.01. The molecule has 0 bridgehead atoms. The molecule has 5 nitrogen and oxygen atoms in total. The van der Waals surface area contributed by atoms with Crippen LogP contribution in [0.5, 0.6) is 0 Å². The van der Waals surface area contributed by atoms with E-state index in [2.05, 4.69) is 10.3 Å². The molecule has 1 heterocycles. The molecule has 2 rings (SSSR count). The number of ether oxygens (including phenoxy) is 1. The largest absolute Gasteiger partial charge is 0.463 e. The van der Waals surface area contributed by atoms with Crippen molar-refractivity contribution in [1.29, 1.82) is 0 Å². The number of carbonyl (C=O) groups excluding carboxylic acids is 1. The molecule has 3 N–H and O–H groups in total. The van der Waals surface area contributed by atoms with Crippen LogP contribution in [0.4, 0.5) is 0 Å². The van der Waals surface area contributed by atoms with E-state index >= 15 is 0 Å². The van der Waals surface area contributed by atoms with Gasteiger partial charge in [0.15, 0.2) is 5.96 Å². The normalized spacial score (nSPS) is 17.7. The summed E-state index contributed by atoms with van der Waals surface area (Å²) >= 11 is 0. The highest BCUT2D eigenvalue weighted by Crippen LogP contribution is 2.30. The molecule has 0 aliphatic carbocycles. The van der Waals surface area contributed by atoms with Gasteiger partial charge in [-0.25, -0.2) is 9.79 Å². The predicted octanol–water partition coefficient (Wildman–Crippen LogP) is 1.90. The van der Waals surface area contributed by atoms with Crippen molar-refractivity contribution in [3.05, 3.63) is 47.2 Å². The van der Waals surface area contributed by atoms with Gasteiger partial charge < -0.3 is 15.8 Å². The monoisotopic (exact) mass is 295 g/mol. The summed E-state index contributed by atoms with van der Waals surface area (Å²) in [6.07, 6.45) is 0. The predicted molar refractivity (Wildman–Crippen MR) is 80.5 cm³/mol. The zero-order valence-corrected chi connectivity index (χ0v) is 12.2. The SMILES string of the molecule is CCOC(=O)C1=C(C)NC(N)=NC1c1ccccc1.Cl. The van der Waals surface area contributed by atoms with Gasteiger partial charge in [0.25, 0.3) is 0 Å². The molecule has 6 heteroatoms. The lowest BCUT2D eigenvalue weighted by Gasteiger charge is -2.24. The van der Waals surface area contributed by atoms with Crippen molar-refractivity contribution in [3.8, 4) is 0 Å². The minimum absolute atomic E-state index is 0. The fraction of sp³-hybridized carbons (Fsp3) is 0.286. The van der Waals surface area contributed by atoms with Crippen molar-refractivity contribution < 1.29 is 9.53 Å². The Bertz CT molecular complexity index is 541. The van der Waals surface area contributed by atoms with Gasteiger partial charge in [0.2, 0.25) is 0 Å². The van der Waals surface area contributed by atoms with Crippen LogP contribution in [0.2, 0.25) is 0 Å². The van der Waals surface area contributed by atoms with E-state index in [9.17, 15) is 4.79 Å². The van der Waals surface area contributed by atoms with Crippen LogP contribution >= 0.6 is 12.4 Å². The second-order valence-corrected chi connectivity index (χ2v) is 4.21. The lowest BCUT2D eigenvalue weighted by Crippen LogP contribution is -2.37. The van der Waals surface area contributed by atoms with Crippen LogP contribution in [-0.2, 0) is 9.53 Å². The number of nitrogens with two attached hydrogens (primary N) is 1. The number of hydrogen-bond acceptors (Lipinski definition) is 5. The maximum atomic E-state index is 12.1. The van der Waals surface area contributed by atoms with Gasteiger partial charge in [-0.1, -0.05) is 30.3 Å². The molecule has 1 aliphatic heterocycles. The van der Waals surface area contributed by atoms with Gasteiger partial charge in [-0.05, 0) is 19.4 Å². The Balaban J connectivity index is 0.00000200. The first-order valence-electron chi connectivity index (χ1n) is 6.16. The Labute approximate surface area is 124 Å². The molecule has 0 saturated carbocycles. The number of rotatable bonds is 3. The van der Waals surface area contributed by atoms with Crippen LogP contribution in [0.1, 0.15) is 25.5 Å². The van der Waals surface area contributed by atoms with Gasteiger partial charge in [0.1, 0.15) is 6.04 Å². The molecule has 1 unspecified atom stereocenters. The van der Waals surface area contributed by atoms with Crippen LogP contribution in [0.3, 0.4) is 0 Å². The summed E-state index contributed by atoms with van der Waals surface area (Å²) in [6, 6.07) is 9.14. The van der Waals surface area contributed by atoms with Crippen molar-refractivity contribution in [3.63, 3.8) is 0 Å². The van der Waals surface area contributed by atoms with Gasteiger partial charge in [0.05, 0.1) is 12.2 Å². The molecule has 1 aromatic rings. The van der Waals surface area contributed by atoms with E-state index in [1.807, 2.05) is 30.3 Å². The maximum Gasteiger partial charge on any atom is 0.338 e. The number of guanidine groups is 1. The average molecular weight is 296 g/mol. The second-order valence-electron chi connectivity index (χ2n) is 4.21. The molecule has 1 aliphatic rings. The lowest BCUT2D eigenvalue weighted by atomic mass is 9.96. The first kappa shape index (κ1) is 16.0. The fourth-order valence-electron chi connectivity index (χ4n) is 2.05. The van der Waals surface area contributed by atoms with Crippen molar-refractivity contribution >= 4 is 24.3 Å². The smallest absolute Gasteiger partial charge is 0.338 e. The molecule has 0 radical (unpaired) electrons. The number of halogens is 1. The number of esters is 1. The standard InChI is InChI=1S/C14H17N3O2.ClH/c1-3-19-13(18)11-9(2)16-14(15)17-12(11)10-7-5-4-6-8-10;/h4-8,12H,3H2,1-2H3,(H3,15,16,17);1H. The van der Waals surface area contributed by atoms with Gasteiger partial charge in [-0.3, -0.25) is 0 Å². The number of carbonyl (C=O) groups is 1. The van der Waals surface area contributed by atoms with Gasteiger partial charge in [0, 0.05) is 5.70 Å². The molecule has 0 fully saturated rings. The van der Waals surface area contributed by atoms with Crippen LogP contribution in [-0.4, -0.2) is 18.5 Å². The van der Waals surface area contributed by atoms with Gasteiger partial charge in [-0.15, -0.1) is 12.4 Å². The molecular weight excluding hydrogens is 278 g/mol. The van der Waals surface area contributed by atoms with Crippen LogP contribution in [0, 0.1) is 0 Å². The molecule has 0 amide bonds. The lowest BCUT2D eigenvalue weighted by molar-refractivity contribution is -0.138. The van der Waals surface area contributed by atoms with Crippen molar-refractivity contribution in [2.75, 3.05) is 6.61 Å². The molecule has 20 heavy (non-hydrogen) atoms. The molecule has 1 aromatic carbocycles. The zero-order valence-electron chi connectivity index (χ0n) is 11.4. The summed E-state index contributed by atoms with van der Waals surface area (Å²) in [5.74, 6) is -0.0583. The third-order valence-corrected chi connectivity index (χ3v) is 2.87. The summed E-state index contributed by atoms with van der Waals surface area (Å²) in [6.45, 7) is 3.90. The van der Waals surface area contributed by atoms with Crippen LogP contribution in [0.15, 0.2) is 46.6 Å². The first-order chi connectivity index (χ1) is 9.13. The second kappa shape index (κ2) is 6.96. The van der Waals surface area contributed by atoms with Gasteiger partial charge in [-0.2, -0.15) is 0 Å². The third kappa shape index (κ3) is 3.30. The highest BCUT2D eigenvalue weighted by atomic mass is 35.5. The van der Waals surface area contributed by atoms with Gasteiger partial charge >= 0.3 is 5.97 Å². The molecule has 0 aromatic heterocycles. The number of nitrogens with one attached hydrogen (secondary N) is 1. The fourth-order valence-corrected chi connectivity index (χ4v) is 2.05. The van der Waals surface area contributed by atoms with Crippen molar-refractivity contribution in [2.24, 2.45) is 10.7 Å². The Morgan fingerprint density at radius 3 is 2.65 bits per heavy atom. The summed E-state index contributed by atoms with van der Waals surface area (Å²) in [7, 11) is 0. The maximum absolute atomic E-state index is 12.1. The van der Waals surface area contributed by atoms with E-state index in [4.69, 9.17) is 10.5 Å². The summed E-state index contributed by atoms with van der Waals surface area (Å²) in [4.78, 5) is 16.4. The first-order valence-corrected chi connectivity index (χ1v) is 6.16. The molecule has 0 spiro atoms. The van der Waals surface area contributed by atoms with E-state index < -0.39 is 6.04 Å². The zero-order chi connectivity index (χ0) is 13.8. The average Bonchev–Trinajstić information content (AvgIpc) is 2.39. The van der Waals surface area contributed by atoms with E-state index in [1.54, 1.807) is 13.8 Å². The van der Waals surface area contributed by atoms with E-state index in [0.29, 0.717) is 23.8 Å². The number of aliphatic imine (C=N–C) groups is 1. The minimum atomic E-state index is -0.415. The minimum Gasteiger partial charge on any atom is -0.463 e. The summed E-state index contributed by atoms with van der Waals surface area (Å²) < 4.78 is 5.09. The Kier molecular flexibility index (Phi) is 5.58. The van der Waals surface area contributed by atoms with E-state index in [0.717, 1.165) is 5.56 Å². The van der Waals surface area contributed by atoms with E-state index in [-0.39, 0.29) is 18.4 Å². The Morgan fingerprint density at radius 1 is 1.40 bits per heavy atom. The number of benzene rings is 1. The third-order valence-electron chi connectivity index (χ3n) is 2.87. The molecule has 1 atom stereocenters. The van der Waals surface area contributed by atoms with E-state index in [1.165, 1.54) is 0 Å². The topological polar surface area (TPSA) is 76.7 Å². The van der Waals surface area contributed by atoms with Crippen LogP contribution < -0.4 is 11.1 Å². The molecular formula is C14H18ClN3O2. The number of allylic oxidation sites excluding steroid dienone is 1. The summed E-state index contributed by atoms with van der Waals surface area (Å²) in [5, 5.41) is 2.87. The van der Waals surface area contributed by atoms with Crippen molar-refractivity contribution in [1.82, 2.24) is 5.32 Å². The highest BCUT2D eigenvalue weighted by Gasteiger charge is 2.29. The number of hydrogen-bond donors (Lipinski definition) is 2. The van der Waals surface area contributed by atoms with Crippen molar-refractivity contribution in [2.45, 2.75) is 19.9 Å².